The molecule has 0 saturated carbocycles. The fourth-order valence-corrected chi connectivity index (χ4v) is 2.15. The topological polar surface area (TPSA) is 60.2 Å². The lowest BCUT2D eigenvalue weighted by Crippen LogP contribution is -2.36. The molecule has 4 nitrogen and oxygen atoms in total. The molecule has 2 rings (SSSR count). The zero-order chi connectivity index (χ0) is 13.0. The number of rotatable bonds is 5. The van der Waals surface area contributed by atoms with Crippen molar-refractivity contribution in [2.24, 2.45) is 5.84 Å². The van der Waals surface area contributed by atoms with Crippen molar-refractivity contribution in [1.82, 2.24) is 10.4 Å². The molecule has 0 radical (unpaired) electrons. The standard InChI is InChI=1S/C14H19N3O/c1-3-18-10(2)14(17-15)12-6-7-13-11(9-12)5-4-8-16-13/h4-10,14,17H,3,15H2,1-2H3. The molecule has 4 heteroatoms. The van der Waals surface area contributed by atoms with Crippen LogP contribution in [0.1, 0.15) is 25.5 Å². The van der Waals surface area contributed by atoms with Crippen LogP contribution in [0.25, 0.3) is 10.9 Å². The van der Waals surface area contributed by atoms with Crippen molar-refractivity contribution in [2.75, 3.05) is 6.61 Å². The summed E-state index contributed by atoms with van der Waals surface area (Å²) in [6.07, 6.45) is 1.82. The van der Waals surface area contributed by atoms with Crippen molar-refractivity contribution in [3.63, 3.8) is 0 Å². The summed E-state index contributed by atoms with van der Waals surface area (Å²) in [5.74, 6) is 5.63. The van der Waals surface area contributed by atoms with E-state index in [2.05, 4.69) is 16.5 Å². The van der Waals surface area contributed by atoms with Crippen molar-refractivity contribution < 1.29 is 4.74 Å². The van der Waals surface area contributed by atoms with Gasteiger partial charge in [0.15, 0.2) is 0 Å². The maximum atomic E-state index is 5.63. The first-order valence-electron chi connectivity index (χ1n) is 6.18. The van der Waals surface area contributed by atoms with E-state index in [1.54, 1.807) is 6.20 Å². The van der Waals surface area contributed by atoms with Crippen LogP contribution in [0.3, 0.4) is 0 Å². The lowest BCUT2D eigenvalue weighted by atomic mass is 10.0. The fourth-order valence-electron chi connectivity index (χ4n) is 2.15. The molecule has 0 fully saturated rings. The van der Waals surface area contributed by atoms with Crippen molar-refractivity contribution >= 4 is 10.9 Å². The third kappa shape index (κ3) is 2.67. The molecule has 0 spiro atoms. The Hall–Kier alpha value is -1.49. The van der Waals surface area contributed by atoms with Crippen LogP contribution in [0.2, 0.25) is 0 Å². The van der Waals surface area contributed by atoms with Crippen molar-refractivity contribution in [3.05, 3.63) is 42.1 Å². The monoisotopic (exact) mass is 245 g/mol. The number of hydrazine groups is 1. The predicted octanol–water partition coefficient (Wildman–Crippen LogP) is 2.16. The van der Waals surface area contributed by atoms with Gasteiger partial charge in [0, 0.05) is 18.2 Å². The first-order valence-corrected chi connectivity index (χ1v) is 6.18. The molecule has 1 aromatic carbocycles. The molecule has 2 unspecified atom stereocenters. The average Bonchev–Trinajstić information content (AvgIpc) is 2.40. The Balaban J connectivity index is 2.33. The van der Waals surface area contributed by atoms with E-state index in [1.165, 1.54) is 0 Å². The van der Waals surface area contributed by atoms with Gasteiger partial charge in [-0.15, -0.1) is 0 Å². The Kier molecular flexibility index (Phi) is 4.25. The average molecular weight is 245 g/mol. The summed E-state index contributed by atoms with van der Waals surface area (Å²) in [6.45, 7) is 4.67. The van der Waals surface area contributed by atoms with Crippen molar-refractivity contribution in [1.29, 1.82) is 0 Å². The van der Waals surface area contributed by atoms with E-state index >= 15 is 0 Å². The quantitative estimate of drug-likeness (QED) is 0.626. The van der Waals surface area contributed by atoms with Crippen LogP contribution in [0.15, 0.2) is 36.5 Å². The number of nitrogens with zero attached hydrogens (tertiary/aromatic N) is 1. The molecular formula is C14H19N3O. The van der Waals surface area contributed by atoms with E-state index in [-0.39, 0.29) is 12.1 Å². The summed E-state index contributed by atoms with van der Waals surface area (Å²) in [4.78, 5) is 4.31. The van der Waals surface area contributed by atoms with Gasteiger partial charge in [0.1, 0.15) is 0 Å². The van der Waals surface area contributed by atoms with Crippen LogP contribution in [0.5, 0.6) is 0 Å². The highest BCUT2D eigenvalue weighted by Crippen LogP contribution is 2.22. The first-order chi connectivity index (χ1) is 8.76. The number of nitrogens with two attached hydrogens (primary N) is 1. The Morgan fingerprint density at radius 1 is 1.39 bits per heavy atom. The number of pyridine rings is 1. The van der Waals surface area contributed by atoms with E-state index in [4.69, 9.17) is 10.6 Å². The Morgan fingerprint density at radius 2 is 2.22 bits per heavy atom. The number of hydrogen-bond acceptors (Lipinski definition) is 4. The maximum Gasteiger partial charge on any atom is 0.0754 e. The molecule has 3 N–H and O–H groups in total. The number of benzene rings is 1. The van der Waals surface area contributed by atoms with E-state index in [0.29, 0.717) is 6.61 Å². The molecular weight excluding hydrogens is 226 g/mol. The molecule has 0 amide bonds. The third-order valence-corrected chi connectivity index (χ3v) is 3.06. The molecule has 0 saturated heterocycles. The second-order valence-corrected chi connectivity index (χ2v) is 4.26. The van der Waals surface area contributed by atoms with Gasteiger partial charge in [0.25, 0.3) is 0 Å². The van der Waals surface area contributed by atoms with Gasteiger partial charge in [0.2, 0.25) is 0 Å². The van der Waals surface area contributed by atoms with Gasteiger partial charge in [-0.05, 0) is 37.6 Å². The number of nitrogens with one attached hydrogen (secondary N) is 1. The highest BCUT2D eigenvalue weighted by molar-refractivity contribution is 5.79. The minimum atomic E-state index is -0.0189. The summed E-state index contributed by atoms with van der Waals surface area (Å²) in [7, 11) is 0. The van der Waals surface area contributed by atoms with Crippen LogP contribution >= 0.6 is 0 Å². The SMILES string of the molecule is CCOC(C)C(NN)c1ccc2ncccc2c1. The molecule has 0 aliphatic carbocycles. The minimum absolute atomic E-state index is 0.0189. The fraction of sp³-hybridized carbons (Fsp3) is 0.357. The van der Waals surface area contributed by atoms with Gasteiger partial charge >= 0.3 is 0 Å². The van der Waals surface area contributed by atoms with Crippen LogP contribution in [0.4, 0.5) is 0 Å². The zero-order valence-corrected chi connectivity index (χ0v) is 10.8. The molecule has 18 heavy (non-hydrogen) atoms. The second kappa shape index (κ2) is 5.91. The van der Waals surface area contributed by atoms with E-state index < -0.39 is 0 Å². The maximum absolute atomic E-state index is 5.63. The third-order valence-electron chi connectivity index (χ3n) is 3.06. The number of fused-ring (bicyclic) bond motifs is 1. The summed E-state index contributed by atoms with van der Waals surface area (Å²) in [5.41, 5.74) is 4.92. The van der Waals surface area contributed by atoms with Gasteiger partial charge in [-0.3, -0.25) is 16.3 Å². The summed E-state index contributed by atoms with van der Waals surface area (Å²) >= 11 is 0. The number of ether oxygens (including phenoxy) is 1. The highest BCUT2D eigenvalue weighted by atomic mass is 16.5. The van der Waals surface area contributed by atoms with Crippen LogP contribution in [0, 0.1) is 0 Å². The van der Waals surface area contributed by atoms with E-state index in [1.807, 2.05) is 38.1 Å². The lowest BCUT2D eigenvalue weighted by Gasteiger charge is -2.23. The van der Waals surface area contributed by atoms with Gasteiger partial charge in [-0.25, -0.2) is 0 Å². The van der Waals surface area contributed by atoms with Gasteiger partial charge in [-0.1, -0.05) is 12.1 Å². The Morgan fingerprint density at radius 3 is 2.94 bits per heavy atom. The summed E-state index contributed by atoms with van der Waals surface area (Å²) < 4.78 is 5.60. The van der Waals surface area contributed by atoms with E-state index in [9.17, 15) is 0 Å². The Labute approximate surface area is 107 Å². The van der Waals surface area contributed by atoms with Crippen molar-refractivity contribution in [2.45, 2.75) is 26.0 Å². The molecule has 1 heterocycles. The minimum Gasteiger partial charge on any atom is -0.377 e. The molecule has 0 aliphatic rings. The number of hydrogen-bond donors (Lipinski definition) is 2. The second-order valence-electron chi connectivity index (χ2n) is 4.26. The van der Waals surface area contributed by atoms with Crippen molar-refractivity contribution in [3.8, 4) is 0 Å². The smallest absolute Gasteiger partial charge is 0.0754 e. The van der Waals surface area contributed by atoms with Crippen LogP contribution in [-0.4, -0.2) is 17.7 Å². The van der Waals surface area contributed by atoms with Gasteiger partial charge < -0.3 is 4.74 Å². The van der Waals surface area contributed by atoms with Crippen LogP contribution in [-0.2, 0) is 4.74 Å². The summed E-state index contributed by atoms with van der Waals surface area (Å²) in [5, 5.41) is 1.11. The molecule has 2 atom stereocenters. The predicted molar refractivity (Wildman–Crippen MR) is 72.9 cm³/mol. The first kappa shape index (κ1) is 13.0. The van der Waals surface area contributed by atoms with E-state index in [0.717, 1.165) is 16.5 Å². The van der Waals surface area contributed by atoms with Gasteiger partial charge in [0.05, 0.1) is 17.7 Å². The normalized spacial score (nSPS) is 14.6. The summed E-state index contributed by atoms with van der Waals surface area (Å²) in [6, 6.07) is 10.1. The molecule has 96 valence electrons. The molecule has 2 aromatic rings. The molecule has 0 bridgehead atoms. The highest BCUT2D eigenvalue weighted by Gasteiger charge is 2.18. The Bertz CT molecular complexity index is 515. The number of aromatic nitrogens is 1. The van der Waals surface area contributed by atoms with Gasteiger partial charge in [-0.2, -0.15) is 0 Å². The molecule has 1 aromatic heterocycles. The molecule has 0 aliphatic heterocycles. The largest absolute Gasteiger partial charge is 0.377 e. The lowest BCUT2D eigenvalue weighted by molar-refractivity contribution is 0.0473. The zero-order valence-electron chi connectivity index (χ0n) is 10.8. The van der Waals surface area contributed by atoms with Crippen LogP contribution < -0.4 is 11.3 Å².